The number of hydrazine groups is 1. The molecule has 1 amide bonds. The average Bonchev–Trinajstić information content (AvgIpc) is 3.17. The minimum absolute atomic E-state index is 0.0343. The van der Waals surface area contributed by atoms with Gasteiger partial charge in [-0.25, -0.2) is 5.01 Å². The highest BCUT2D eigenvalue weighted by Gasteiger charge is 2.46. The largest absolute Gasteiger partial charge is 0.494 e. The van der Waals surface area contributed by atoms with Crippen LogP contribution in [0.1, 0.15) is 76.3 Å². The Hall–Kier alpha value is -2.28. The number of fused-ring (bicyclic) bond motifs is 1. The van der Waals surface area contributed by atoms with Gasteiger partial charge in [0.15, 0.2) is 0 Å². The lowest BCUT2D eigenvalue weighted by molar-refractivity contribution is -0.191. The van der Waals surface area contributed by atoms with E-state index in [-0.39, 0.29) is 18.5 Å². The number of ether oxygens (including phenoxy) is 1. The number of carbonyl (C=O) groups is 1. The van der Waals surface area contributed by atoms with Crippen LogP contribution in [0.4, 0.5) is 13.2 Å². The number of alkyl halides is 3. The zero-order valence-corrected chi connectivity index (χ0v) is 18.7. The van der Waals surface area contributed by atoms with Gasteiger partial charge in [0.1, 0.15) is 11.8 Å². The normalized spacial score (nSPS) is 15.8. The second kappa shape index (κ2) is 11.5. The van der Waals surface area contributed by atoms with Crippen LogP contribution in [0, 0.1) is 0 Å². The van der Waals surface area contributed by atoms with E-state index < -0.39 is 18.1 Å². The monoisotopic (exact) mass is 450 g/mol. The van der Waals surface area contributed by atoms with Gasteiger partial charge in [-0.1, -0.05) is 70.1 Å². The van der Waals surface area contributed by atoms with Crippen LogP contribution in [0.2, 0.25) is 0 Å². The lowest BCUT2D eigenvalue weighted by atomic mass is 10.0. The number of halogens is 3. The van der Waals surface area contributed by atoms with E-state index in [0.717, 1.165) is 29.0 Å². The van der Waals surface area contributed by atoms with Gasteiger partial charge in [-0.15, -0.1) is 0 Å². The van der Waals surface area contributed by atoms with Gasteiger partial charge in [-0.3, -0.25) is 10.2 Å². The topological polar surface area (TPSA) is 41.6 Å². The molecule has 0 radical (unpaired) electrons. The summed E-state index contributed by atoms with van der Waals surface area (Å²) in [5.41, 5.74) is 2.43. The Balaban J connectivity index is 1.56. The first-order valence-corrected chi connectivity index (χ1v) is 11.7. The summed E-state index contributed by atoms with van der Waals surface area (Å²) in [7, 11) is 0. The second-order valence-corrected chi connectivity index (χ2v) is 8.51. The fraction of sp³-hybridized carbons (Fsp3) is 0.560. The molecule has 1 N–H and O–H groups in total. The Labute approximate surface area is 188 Å². The van der Waals surface area contributed by atoms with Gasteiger partial charge in [0.05, 0.1) is 6.61 Å². The number of nitrogens with zero attached hydrogens (tertiary/aromatic N) is 1. The van der Waals surface area contributed by atoms with Crippen molar-refractivity contribution in [3.8, 4) is 5.75 Å². The molecule has 0 aliphatic carbocycles. The Bertz CT molecular complexity index is 885. The van der Waals surface area contributed by atoms with E-state index >= 15 is 0 Å². The summed E-state index contributed by atoms with van der Waals surface area (Å²) in [6.45, 7) is 2.90. The van der Waals surface area contributed by atoms with Gasteiger partial charge in [0, 0.05) is 13.0 Å². The maximum Gasteiger partial charge on any atom is 0.409 e. The quantitative estimate of drug-likeness (QED) is 0.366. The third-order valence-electron chi connectivity index (χ3n) is 5.89. The van der Waals surface area contributed by atoms with E-state index in [4.69, 9.17) is 4.74 Å². The van der Waals surface area contributed by atoms with E-state index in [9.17, 15) is 18.0 Å². The van der Waals surface area contributed by atoms with Crippen molar-refractivity contribution in [2.45, 2.75) is 76.9 Å². The number of benzene rings is 2. The summed E-state index contributed by atoms with van der Waals surface area (Å²) in [4.78, 5) is 11.4. The lowest BCUT2D eigenvalue weighted by Gasteiger charge is -2.29. The molecule has 1 aliphatic rings. The summed E-state index contributed by atoms with van der Waals surface area (Å²) >= 11 is 0. The Morgan fingerprint density at radius 1 is 0.969 bits per heavy atom. The number of hydrogen-bond donors (Lipinski definition) is 1. The van der Waals surface area contributed by atoms with Crippen LogP contribution in [-0.2, 0) is 4.79 Å². The Morgan fingerprint density at radius 2 is 1.62 bits per heavy atom. The summed E-state index contributed by atoms with van der Waals surface area (Å²) in [6.07, 6.45) is 5.43. The van der Waals surface area contributed by atoms with E-state index in [1.54, 1.807) is 24.3 Å². The predicted octanol–water partition coefficient (Wildman–Crippen LogP) is 6.70. The minimum atomic E-state index is -4.50. The lowest BCUT2D eigenvalue weighted by Crippen LogP contribution is -2.43. The van der Waals surface area contributed by atoms with Crippen LogP contribution < -0.4 is 10.2 Å². The molecule has 1 fully saturated rings. The molecule has 4 nitrogen and oxygen atoms in total. The zero-order chi connectivity index (χ0) is 23.0. The third-order valence-corrected chi connectivity index (χ3v) is 5.89. The van der Waals surface area contributed by atoms with Gasteiger partial charge in [0.2, 0.25) is 5.91 Å². The molecule has 0 bridgehead atoms. The number of hydrogen-bond acceptors (Lipinski definition) is 3. The van der Waals surface area contributed by atoms with Crippen molar-refractivity contribution in [1.82, 2.24) is 10.4 Å². The molecule has 0 aromatic heterocycles. The van der Waals surface area contributed by atoms with Crippen molar-refractivity contribution >= 4 is 16.7 Å². The van der Waals surface area contributed by atoms with Crippen molar-refractivity contribution in [2.24, 2.45) is 0 Å². The number of nitrogens with one attached hydrogen (secondary N) is 1. The fourth-order valence-corrected chi connectivity index (χ4v) is 4.16. The van der Waals surface area contributed by atoms with Gasteiger partial charge >= 0.3 is 6.18 Å². The van der Waals surface area contributed by atoms with Crippen molar-refractivity contribution in [3.63, 3.8) is 0 Å². The molecule has 32 heavy (non-hydrogen) atoms. The molecule has 3 rings (SSSR count). The fourth-order valence-electron chi connectivity index (χ4n) is 4.16. The van der Waals surface area contributed by atoms with Crippen molar-refractivity contribution < 1.29 is 22.7 Å². The maximum absolute atomic E-state index is 13.7. The molecule has 2 aromatic rings. The van der Waals surface area contributed by atoms with Crippen LogP contribution in [-0.4, -0.2) is 30.2 Å². The standard InChI is InChI=1S/C25H33F3N2O2/c1-2-3-4-5-6-7-8-9-16-32-22-13-12-19-17-21(11-10-20(19)18-22)24(25(26,27)28)30-15-14-23(31)29-30/h10-13,17-18,24H,2-9,14-16H2,1H3,(H,29,31)/t24-/m0/s1. The molecule has 1 atom stereocenters. The zero-order valence-electron chi connectivity index (χ0n) is 18.7. The predicted molar refractivity (Wildman–Crippen MR) is 120 cm³/mol. The summed E-state index contributed by atoms with van der Waals surface area (Å²) < 4.78 is 47.1. The van der Waals surface area contributed by atoms with Crippen LogP contribution >= 0.6 is 0 Å². The summed E-state index contributed by atoms with van der Waals surface area (Å²) in [5.74, 6) is 0.339. The second-order valence-electron chi connectivity index (χ2n) is 8.51. The molecule has 0 spiro atoms. The van der Waals surface area contributed by atoms with E-state index in [1.807, 2.05) is 6.07 Å². The molecule has 1 saturated heterocycles. The molecule has 0 unspecified atom stereocenters. The smallest absolute Gasteiger partial charge is 0.409 e. The average molecular weight is 451 g/mol. The number of unbranched alkanes of at least 4 members (excludes halogenated alkanes) is 7. The molecule has 2 aromatic carbocycles. The summed E-state index contributed by atoms with van der Waals surface area (Å²) in [6, 6.07) is 8.30. The number of rotatable bonds is 12. The van der Waals surface area contributed by atoms with Crippen molar-refractivity contribution in [1.29, 1.82) is 0 Å². The number of amides is 1. The molecular weight excluding hydrogens is 417 g/mol. The van der Waals surface area contributed by atoms with Gasteiger partial charge in [-0.2, -0.15) is 13.2 Å². The SMILES string of the molecule is CCCCCCCCCCOc1ccc2cc([C@H](N3CCC(=O)N3)C(F)(F)F)ccc2c1. The van der Waals surface area contributed by atoms with E-state index in [1.165, 1.54) is 44.6 Å². The molecular formula is C25H33F3N2O2. The minimum Gasteiger partial charge on any atom is -0.494 e. The Kier molecular flexibility index (Phi) is 8.79. The molecule has 1 aliphatic heterocycles. The van der Waals surface area contributed by atoms with E-state index in [2.05, 4.69) is 12.3 Å². The van der Waals surface area contributed by atoms with Crippen LogP contribution in [0.25, 0.3) is 10.8 Å². The maximum atomic E-state index is 13.7. The first kappa shape index (κ1) is 24.4. The van der Waals surface area contributed by atoms with E-state index in [0.29, 0.717) is 12.0 Å². The van der Waals surface area contributed by atoms with Gasteiger partial charge in [-0.05, 0) is 41.0 Å². The first-order valence-electron chi connectivity index (χ1n) is 11.7. The molecule has 176 valence electrons. The van der Waals surface area contributed by atoms with Crippen LogP contribution in [0.15, 0.2) is 36.4 Å². The molecule has 0 saturated carbocycles. The molecule has 1 heterocycles. The first-order chi connectivity index (χ1) is 15.4. The van der Waals surface area contributed by atoms with Crippen molar-refractivity contribution in [2.75, 3.05) is 13.2 Å². The highest BCUT2D eigenvalue weighted by atomic mass is 19.4. The van der Waals surface area contributed by atoms with Crippen LogP contribution in [0.3, 0.4) is 0 Å². The van der Waals surface area contributed by atoms with Gasteiger partial charge in [0.25, 0.3) is 0 Å². The highest BCUT2D eigenvalue weighted by Crippen LogP contribution is 2.39. The highest BCUT2D eigenvalue weighted by molar-refractivity contribution is 5.84. The molecule has 7 heteroatoms. The van der Waals surface area contributed by atoms with Crippen molar-refractivity contribution in [3.05, 3.63) is 42.0 Å². The van der Waals surface area contributed by atoms with Crippen LogP contribution in [0.5, 0.6) is 5.75 Å². The number of carbonyl (C=O) groups excluding carboxylic acids is 1. The summed E-state index contributed by atoms with van der Waals surface area (Å²) in [5, 5.41) is 2.51. The van der Waals surface area contributed by atoms with Gasteiger partial charge < -0.3 is 4.74 Å². The Morgan fingerprint density at radius 3 is 2.28 bits per heavy atom. The third kappa shape index (κ3) is 6.86.